The Morgan fingerprint density at radius 3 is 2.72 bits per heavy atom. The molecular weight excluding hydrogens is 400 g/mol. The van der Waals surface area contributed by atoms with Crippen molar-refractivity contribution in [1.29, 1.82) is 0 Å². The molecule has 0 saturated heterocycles. The van der Waals surface area contributed by atoms with Crippen molar-refractivity contribution in [3.63, 3.8) is 0 Å². The van der Waals surface area contributed by atoms with Crippen LogP contribution in [0.1, 0.15) is 36.2 Å². The number of nitrogens with zero attached hydrogens (tertiary/aromatic N) is 4. The molecule has 7 nitrogen and oxygen atoms in total. The molecule has 0 aliphatic carbocycles. The Balaban J connectivity index is 1.75. The van der Waals surface area contributed by atoms with Gasteiger partial charge in [-0.15, -0.1) is 0 Å². The second-order valence-electron chi connectivity index (χ2n) is 8.02. The summed E-state index contributed by atoms with van der Waals surface area (Å²) in [6.07, 6.45) is 3.86. The van der Waals surface area contributed by atoms with E-state index >= 15 is 0 Å². The second kappa shape index (κ2) is 7.92. The van der Waals surface area contributed by atoms with Gasteiger partial charge in [-0.25, -0.2) is 15.0 Å². The van der Waals surface area contributed by atoms with E-state index in [0.717, 1.165) is 39.7 Å². The fraction of sp³-hybridized carbons (Fsp3) is 0.200. The lowest BCUT2D eigenvalue weighted by molar-refractivity contribution is 0.688. The molecule has 3 heterocycles. The standard InChI is InChI=1S/C25H24N6O/c1-4-19(30-24-22-23(27-13-26-22)28-14-29-24)20-12-17-9-6-8-16(3)21(17)25(32)31(20)18-10-5-7-15(2)11-18/h5-14,19H,4H2,1-3H3,(H2,26,27,28,29,30)/t19-/m0/s1. The number of aromatic nitrogens is 5. The highest BCUT2D eigenvalue weighted by Crippen LogP contribution is 2.28. The van der Waals surface area contributed by atoms with Crippen molar-refractivity contribution in [2.24, 2.45) is 0 Å². The maximum absolute atomic E-state index is 13.8. The van der Waals surface area contributed by atoms with Gasteiger partial charge in [0.1, 0.15) is 11.8 Å². The van der Waals surface area contributed by atoms with Gasteiger partial charge in [0.15, 0.2) is 11.5 Å². The molecule has 32 heavy (non-hydrogen) atoms. The number of benzene rings is 2. The summed E-state index contributed by atoms with van der Waals surface area (Å²) < 4.78 is 1.83. The van der Waals surface area contributed by atoms with Crippen LogP contribution in [0.2, 0.25) is 0 Å². The van der Waals surface area contributed by atoms with Crippen LogP contribution in [0.15, 0.2) is 66.0 Å². The van der Waals surface area contributed by atoms with E-state index in [1.54, 1.807) is 6.33 Å². The van der Waals surface area contributed by atoms with Crippen LogP contribution in [0.4, 0.5) is 5.82 Å². The SMILES string of the molecule is CC[C@H](Nc1ncnc2[nH]cnc12)c1cc2cccc(C)c2c(=O)n1-c1cccc(C)c1. The lowest BCUT2D eigenvalue weighted by Gasteiger charge is -2.24. The summed E-state index contributed by atoms with van der Waals surface area (Å²) in [6.45, 7) is 6.10. The first-order valence-electron chi connectivity index (χ1n) is 10.7. The largest absolute Gasteiger partial charge is 0.360 e. The third kappa shape index (κ3) is 3.32. The first-order valence-corrected chi connectivity index (χ1v) is 10.7. The number of nitrogens with one attached hydrogen (secondary N) is 2. The third-order valence-corrected chi connectivity index (χ3v) is 5.84. The van der Waals surface area contributed by atoms with Crippen molar-refractivity contribution in [3.8, 4) is 5.69 Å². The summed E-state index contributed by atoms with van der Waals surface area (Å²) in [4.78, 5) is 29.8. The highest BCUT2D eigenvalue weighted by atomic mass is 16.1. The molecular formula is C25H24N6O. The molecule has 0 saturated carbocycles. The smallest absolute Gasteiger partial charge is 0.263 e. The molecule has 2 N–H and O–H groups in total. The van der Waals surface area contributed by atoms with E-state index in [0.29, 0.717) is 17.0 Å². The Morgan fingerprint density at radius 2 is 1.91 bits per heavy atom. The molecule has 2 aromatic carbocycles. The molecule has 0 spiro atoms. The van der Waals surface area contributed by atoms with Gasteiger partial charge in [0.05, 0.1) is 17.8 Å². The van der Waals surface area contributed by atoms with Crippen molar-refractivity contribution < 1.29 is 0 Å². The van der Waals surface area contributed by atoms with Gasteiger partial charge in [0.25, 0.3) is 5.56 Å². The molecule has 5 aromatic rings. The summed E-state index contributed by atoms with van der Waals surface area (Å²) in [7, 11) is 0. The quantitative estimate of drug-likeness (QED) is 0.422. The fourth-order valence-corrected chi connectivity index (χ4v) is 4.27. The topological polar surface area (TPSA) is 88.5 Å². The molecule has 7 heteroatoms. The summed E-state index contributed by atoms with van der Waals surface area (Å²) in [5, 5.41) is 5.18. The van der Waals surface area contributed by atoms with Crippen LogP contribution in [-0.2, 0) is 0 Å². The number of imidazole rings is 1. The lowest BCUT2D eigenvalue weighted by Crippen LogP contribution is -2.27. The van der Waals surface area contributed by atoms with Crippen molar-refractivity contribution in [1.82, 2.24) is 24.5 Å². The maximum atomic E-state index is 13.8. The molecule has 3 aromatic heterocycles. The minimum atomic E-state index is -0.164. The Morgan fingerprint density at radius 1 is 1.06 bits per heavy atom. The van der Waals surface area contributed by atoms with Gasteiger partial charge in [0, 0.05) is 11.4 Å². The van der Waals surface area contributed by atoms with E-state index in [1.165, 1.54) is 6.33 Å². The average Bonchev–Trinajstić information content (AvgIpc) is 3.27. The molecule has 0 amide bonds. The fourth-order valence-electron chi connectivity index (χ4n) is 4.27. The lowest BCUT2D eigenvalue weighted by atomic mass is 10.0. The van der Waals surface area contributed by atoms with Gasteiger partial charge in [-0.1, -0.05) is 37.3 Å². The van der Waals surface area contributed by atoms with E-state index in [2.05, 4.69) is 38.2 Å². The summed E-state index contributed by atoms with van der Waals surface area (Å²) in [5.74, 6) is 0.635. The number of H-pyrrole nitrogens is 1. The number of anilines is 1. The van der Waals surface area contributed by atoms with Crippen LogP contribution >= 0.6 is 0 Å². The Hall–Kier alpha value is -4.00. The van der Waals surface area contributed by atoms with Gasteiger partial charge in [-0.3, -0.25) is 9.36 Å². The van der Waals surface area contributed by atoms with Gasteiger partial charge in [0.2, 0.25) is 0 Å². The van der Waals surface area contributed by atoms with E-state index < -0.39 is 0 Å². The van der Waals surface area contributed by atoms with Gasteiger partial charge in [-0.05, 0) is 55.0 Å². The molecule has 0 radical (unpaired) electrons. The van der Waals surface area contributed by atoms with E-state index in [9.17, 15) is 4.79 Å². The average molecular weight is 425 g/mol. The highest BCUT2D eigenvalue weighted by Gasteiger charge is 2.21. The molecule has 0 aliphatic heterocycles. The Bertz CT molecular complexity index is 1500. The third-order valence-electron chi connectivity index (χ3n) is 5.84. The van der Waals surface area contributed by atoms with Crippen LogP contribution < -0.4 is 10.9 Å². The zero-order chi connectivity index (χ0) is 22.2. The van der Waals surface area contributed by atoms with Gasteiger partial charge >= 0.3 is 0 Å². The number of hydrogen-bond acceptors (Lipinski definition) is 5. The van der Waals surface area contributed by atoms with Gasteiger partial charge < -0.3 is 10.3 Å². The predicted molar refractivity (Wildman–Crippen MR) is 127 cm³/mol. The summed E-state index contributed by atoms with van der Waals surface area (Å²) in [5.41, 5.74) is 5.12. The number of hydrogen-bond donors (Lipinski definition) is 2. The number of pyridine rings is 1. The zero-order valence-corrected chi connectivity index (χ0v) is 18.3. The van der Waals surface area contributed by atoms with E-state index in [-0.39, 0.29) is 11.6 Å². The second-order valence-corrected chi connectivity index (χ2v) is 8.02. The minimum absolute atomic E-state index is 0.0194. The molecule has 160 valence electrons. The Labute approximate surface area is 185 Å². The first-order chi connectivity index (χ1) is 15.6. The highest BCUT2D eigenvalue weighted by molar-refractivity contribution is 5.86. The number of fused-ring (bicyclic) bond motifs is 2. The summed E-state index contributed by atoms with van der Waals surface area (Å²) >= 11 is 0. The number of rotatable bonds is 5. The summed E-state index contributed by atoms with van der Waals surface area (Å²) in [6, 6.07) is 15.9. The van der Waals surface area contributed by atoms with E-state index in [1.807, 2.05) is 60.9 Å². The van der Waals surface area contributed by atoms with Crippen LogP contribution in [-0.4, -0.2) is 24.5 Å². The number of aryl methyl sites for hydroxylation is 2. The molecule has 5 rings (SSSR count). The monoisotopic (exact) mass is 424 g/mol. The van der Waals surface area contributed by atoms with Gasteiger partial charge in [-0.2, -0.15) is 0 Å². The molecule has 0 unspecified atom stereocenters. The van der Waals surface area contributed by atoms with Crippen molar-refractivity contribution in [2.75, 3.05) is 5.32 Å². The molecule has 1 atom stereocenters. The van der Waals surface area contributed by atoms with Crippen LogP contribution in [0.5, 0.6) is 0 Å². The minimum Gasteiger partial charge on any atom is -0.360 e. The zero-order valence-electron chi connectivity index (χ0n) is 18.3. The number of aromatic amines is 1. The van der Waals surface area contributed by atoms with Crippen LogP contribution in [0.3, 0.4) is 0 Å². The van der Waals surface area contributed by atoms with Crippen molar-refractivity contribution in [3.05, 3.63) is 88.4 Å². The predicted octanol–water partition coefficient (Wildman–Crippen LogP) is 4.84. The maximum Gasteiger partial charge on any atom is 0.263 e. The Kier molecular flexibility index (Phi) is 4.93. The molecule has 0 aliphatic rings. The van der Waals surface area contributed by atoms with Crippen LogP contribution in [0, 0.1) is 13.8 Å². The van der Waals surface area contributed by atoms with Crippen LogP contribution in [0.25, 0.3) is 27.6 Å². The normalized spacial score (nSPS) is 12.3. The molecule has 0 bridgehead atoms. The first kappa shape index (κ1) is 19.9. The van der Waals surface area contributed by atoms with Crippen molar-refractivity contribution >= 4 is 27.8 Å². The van der Waals surface area contributed by atoms with E-state index in [4.69, 9.17) is 0 Å². The van der Waals surface area contributed by atoms with Crippen molar-refractivity contribution in [2.45, 2.75) is 33.2 Å². The molecule has 0 fully saturated rings.